The number of nitriles is 1. The largest absolute Gasteiger partial charge is 0.444 e. The first-order valence-electron chi connectivity index (χ1n) is 5.52. The van der Waals surface area contributed by atoms with E-state index in [9.17, 15) is 4.79 Å². The summed E-state index contributed by atoms with van der Waals surface area (Å²) in [4.78, 5) is 11.9. The van der Waals surface area contributed by atoms with Gasteiger partial charge in [0.05, 0.1) is 5.57 Å². The molecule has 0 saturated carbocycles. The fourth-order valence-electron chi connectivity index (χ4n) is 2.37. The number of Topliss-reactive ketones (excluding diaryl/α,β-unsaturated/α-hetero) is 1. The first-order chi connectivity index (χ1) is 7.69. The minimum Gasteiger partial charge on any atom is -0.444 e. The molecule has 0 spiro atoms. The highest BCUT2D eigenvalue weighted by Gasteiger charge is 2.35. The van der Waals surface area contributed by atoms with Gasteiger partial charge in [0, 0.05) is 24.3 Å². The van der Waals surface area contributed by atoms with Crippen LogP contribution in [0, 0.1) is 17.2 Å². The van der Waals surface area contributed by atoms with Gasteiger partial charge >= 0.3 is 0 Å². The quantitative estimate of drug-likeness (QED) is 0.727. The van der Waals surface area contributed by atoms with Crippen LogP contribution in [0.25, 0.3) is 0 Å². The fraction of sp³-hybridized carbons (Fsp3) is 0.500. The number of nitrogens with two attached hydrogens (primary N) is 1. The SMILES string of the molecule is CCC1C(C#N)=C(N)OC2=C1C(=O)CCC2. The van der Waals surface area contributed by atoms with Crippen molar-refractivity contribution in [2.75, 3.05) is 0 Å². The summed E-state index contributed by atoms with van der Waals surface area (Å²) in [6.45, 7) is 1.95. The highest BCUT2D eigenvalue weighted by molar-refractivity contribution is 5.98. The summed E-state index contributed by atoms with van der Waals surface area (Å²) >= 11 is 0. The van der Waals surface area contributed by atoms with E-state index in [0.29, 0.717) is 29.7 Å². The van der Waals surface area contributed by atoms with Gasteiger partial charge in [-0.05, 0) is 12.8 Å². The van der Waals surface area contributed by atoms with Gasteiger partial charge in [-0.3, -0.25) is 4.79 Å². The third-order valence-electron chi connectivity index (χ3n) is 3.13. The minimum atomic E-state index is -0.165. The Morgan fingerprint density at radius 1 is 1.56 bits per heavy atom. The van der Waals surface area contributed by atoms with Crippen molar-refractivity contribution in [3.8, 4) is 6.07 Å². The van der Waals surface area contributed by atoms with Gasteiger partial charge in [0.25, 0.3) is 0 Å². The van der Waals surface area contributed by atoms with Crippen LogP contribution in [-0.4, -0.2) is 5.78 Å². The number of rotatable bonds is 1. The summed E-state index contributed by atoms with van der Waals surface area (Å²) in [5, 5.41) is 9.04. The van der Waals surface area contributed by atoms with Crippen LogP contribution >= 0.6 is 0 Å². The number of ether oxygens (including phenoxy) is 1. The molecule has 4 nitrogen and oxygen atoms in total. The molecule has 1 atom stereocenters. The maximum absolute atomic E-state index is 11.9. The fourth-order valence-corrected chi connectivity index (χ4v) is 2.37. The van der Waals surface area contributed by atoms with Crippen LogP contribution in [0.2, 0.25) is 0 Å². The molecule has 1 heterocycles. The molecule has 0 aromatic rings. The number of carbonyl (C=O) groups is 1. The third kappa shape index (κ3) is 1.49. The van der Waals surface area contributed by atoms with Crippen LogP contribution < -0.4 is 5.73 Å². The normalized spacial score (nSPS) is 25.0. The van der Waals surface area contributed by atoms with Crippen molar-refractivity contribution in [3.05, 3.63) is 22.8 Å². The average Bonchev–Trinajstić information content (AvgIpc) is 2.27. The second-order valence-electron chi connectivity index (χ2n) is 4.07. The maximum Gasteiger partial charge on any atom is 0.204 e. The zero-order chi connectivity index (χ0) is 11.7. The van der Waals surface area contributed by atoms with Crippen LogP contribution in [0.15, 0.2) is 22.8 Å². The molecule has 1 aliphatic heterocycles. The van der Waals surface area contributed by atoms with Gasteiger partial charge in [-0.15, -0.1) is 0 Å². The maximum atomic E-state index is 11.9. The molecule has 0 radical (unpaired) electrons. The summed E-state index contributed by atoms with van der Waals surface area (Å²) < 4.78 is 5.39. The van der Waals surface area contributed by atoms with Gasteiger partial charge in [-0.25, -0.2) is 0 Å². The van der Waals surface area contributed by atoms with Crippen LogP contribution in [-0.2, 0) is 9.53 Å². The lowest BCUT2D eigenvalue weighted by molar-refractivity contribution is -0.117. The topological polar surface area (TPSA) is 76.1 Å². The summed E-state index contributed by atoms with van der Waals surface area (Å²) in [6, 6.07) is 2.05. The highest BCUT2D eigenvalue weighted by atomic mass is 16.5. The van der Waals surface area contributed by atoms with Gasteiger partial charge in [0.2, 0.25) is 5.88 Å². The van der Waals surface area contributed by atoms with Crippen molar-refractivity contribution in [1.82, 2.24) is 0 Å². The molecular weight excluding hydrogens is 204 g/mol. The van der Waals surface area contributed by atoms with E-state index < -0.39 is 0 Å². The van der Waals surface area contributed by atoms with Crippen LogP contribution in [0.1, 0.15) is 32.6 Å². The monoisotopic (exact) mass is 218 g/mol. The lowest BCUT2D eigenvalue weighted by Crippen LogP contribution is -2.28. The van der Waals surface area contributed by atoms with Crippen LogP contribution in [0.5, 0.6) is 0 Å². The summed E-state index contributed by atoms with van der Waals surface area (Å²) in [6.07, 6.45) is 2.81. The smallest absolute Gasteiger partial charge is 0.204 e. The average molecular weight is 218 g/mol. The molecule has 2 rings (SSSR count). The van der Waals surface area contributed by atoms with Crippen molar-refractivity contribution in [2.45, 2.75) is 32.6 Å². The van der Waals surface area contributed by atoms with Gasteiger partial charge in [-0.1, -0.05) is 6.92 Å². The summed E-state index contributed by atoms with van der Waals surface area (Å²) in [5.74, 6) is 0.789. The highest BCUT2D eigenvalue weighted by Crippen LogP contribution is 2.38. The molecule has 1 unspecified atom stereocenters. The van der Waals surface area contributed by atoms with Gasteiger partial charge in [0.1, 0.15) is 11.8 Å². The Balaban J connectivity index is 2.47. The van der Waals surface area contributed by atoms with Crippen molar-refractivity contribution in [2.24, 2.45) is 11.7 Å². The van der Waals surface area contributed by atoms with E-state index in [1.54, 1.807) is 0 Å². The Kier molecular flexibility index (Phi) is 2.69. The predicted molar refractivity (Wildman–Crippen MR) is 57.6 cm³/mol. The lowest BCUT2D eigenvalue weighted by Gasteiger charge is -2.29. The number of nitrogens with zero attached hydrogens (tertiary/aromatic N) is 1. The lowest BCUT2D eigenvalue weighted by atomic mass is 9.80. The van der Waals surface area contributed by atoms with Crippen molar-refractivity contribution in [3.63, 3.8) is 0 Å². The van der Waals surface area contributed by atoms with E-state index in [4.69, 9.17) is 15.7 Å². The molecule has 2 aliphatic rings. The molecule has 0 bridgehead atoms. The van der Waals surface area contributed by atoms with E-state index in [1.165, 1.54) is 0 Å². The molecule has 84 valence electrons. The number of carbonyl (C=O) groups excluding carboxylic acids is 1. The molecular formula is C12H14N2O2. The molecule has 0 saturated heterocycles. The second kappa shape index (κ2) is 4.01. The van der Waals surface area contributed by atoms with E-state index >= 15 is 0 Å². The standard InChI is InChI=1S/C12H14N2O2/c1-2-7-8(6-13)12(14)16-10-5-3-4-9(15)11(7)10/h7H,2-5,14H2,1H3. The summed E-state index contributed by atoms with van der Waals surface area (Å²) in [5.41, 5.74) is 6.78. The zero-order valence-electron chi connectivity index (χ0n) is 9.25. The zero-order valence-corrected chi connectivity index (χ0v) is 9.25. The summed E-state index contributed by atoms with van der Waals surface area (Å²) in [7, 11) is 0. The number of hydrogen-bond acceptors (Lipinski definition) is 4. The minimum absolute atomic E-state index is 0.105. The van der Waals surface area contributed by atoms with Crippen molar-refractivity contribution in [1.29, 1.82) is 5.26 Å². The van der Waals surface area contributed by atoms with Crippen LogP contribution in [0.3, 0.4) is 0 Å². The Morgan fingerprint density at radius 2 is 2.31 bits per heavy atom. The van der Waals surface area contributed by atoms with Crippen LogP contribution in [0.4, 0.5) is 0 Å². The number of ketones is 1. The van der Waals surface area contributed by atoms with E-state index in [1.807, 2.05) is 6.92 Å². The molecule has 0 aromatic carbocycles. The molecule has 0 aromatic heterocycles. The van der Waals surface area contributed by atoms with Gasteiger partial charge < -0.3 is 10.5 Å². The first kappa shape index (κ1) is 10.7. The Morgan fingerprint density at radius 3 is 2.94 bits per heavy atom. The molecule has 2 N–H and O–H groups in total. The first-order valence-corrected chi connectivity index (χ1v) is 5.52. The molecule has 0 amide bonds. The predicted octanol–water partition coefficient (Wildman–Crippen LogP) is 1.74. The molecule has 1 aliphatic carbocycles. The Hall–Kier alpha value is -1.76. The van der Waals surface area contributed by atoms with Gasteiger partial charge in [-0.2, -0.15) is 5.26 Å². The number of allylic oxidation sites excluding steroid dienone is 3. The molecule has 4 heteroatoms. The van der Waals surface area contributed by atoms with Gasteiger partial charge in [0.15, 0.2) is 5.78 Å². The Bertz CT molecular complexity index is 440. The molecule has 16 heavy (non-hydrogen) atoms. The van der Waals surface area contributed by atoms with E-state index in [0.717, 1.165) is 12.8 Å². The molecule has 0 fully saturated rings. The van der Waals surface area contributed by atoms with E-state index in [-0.39, 0.29) is 17.6 Å². The van der Waals surface area contributed by atoms with Crippen molar-refractivity contribution >= 4 is 5.78 Å². The second-order valence-corrected chi connectivity index (χ2v) is 4.07. The van der Waals surface area contributed by atoms with E-state index in [2.05, 4.69) is 6.07 Å². The van der Waals surface area contributed by atoms with Crippen molar-refractivity contribution < 1.29 is 9.53 Å². The number of hydrogen-bond donors (Lipinski definition) is 1. The third-order valence-corrected chi connectivity index (χ3v) is 3.13. The Labute approximate surface area is 94.4 Å².